The van der Waals surface area contributed by atoms with Gasteiger partial charge in [-0.2, -0.15) is 5.10 Å². The number of nitrogens with one attached hydrogen (secondary N) is 1. The number of hydrogen-bond donors (Lipinski definition) is 1. The van der Waals surface area contributed by atoms with Gasteiger partial charge in [0, 0.05) is 30.8 Å². The predicted octanol–water partition coefficient (Wildman–Crippen LogP) is 3.71. The van der Waals surface area contributed by atoms with Crippen molar-refractivity contribution in [2.24, 2.45) is 5.92 Å². The summed E-state index contributed by atoms with van der Waals surface area (Å²) in [6, 6.07) is 11.7. The summed E-state index contributed by atoms with van der Waals surface area (Å²) in [5, 5.41) is 7.67. The lowest BCUT2D eigenvalue weighted by Gasteiger charge is -2.34. The van der Waals surface area contributed by atoms with E-state index in [9.17, 15) is 4.79 Å². The number of anilines is 1. The van der Waals surface area contributed by atoms with Gasteiger partial charge in [-0.3, -0.25) is 0 Å². The third-order valence-electron chi connectivity index (χ3n) is 4.91. The van der Waals surface area contributed by atoms with E-state index < -0.39 is 0 Å². The Balaban J connectivity index is 1.30. The Morgan fingerprint density at radius 3 is 2.77 bits per heavy atom. The molecule has 0 unspecified atom stereocenters. The van der Waals surface area contributed by atoms with Crippen LogP contribution in [0.2, 0.25) is 0 Å². The predicted molar refractivity (Wildman–Crippen MR) is 100 cm³/mol. The molecule has 1 fully saturated rings. The normalized spacial score (nSPS) is 17.3. The zero-order valence-corrected chi connectivity index (χ0v) is 14.6. The summed E-state index contributed by atoms with van der Waals surface area (Å²) in [7, 11) is 0. The standard InChI is InChI=1S/C20H22N4O2/c1-15-13-18(22-19-7-10-21-24(15)19)17-8-11-23(12-9-17)20(25)26-14-16-5-3-2-4-6-16/h2-7,10,13,17,22H,1,8-9,11-12,14H2. The van der Waals surface area contributed by atoms with Gasteiger partial charge in [-0.05, 0) is 24.5 Å². The molecule has 3 heterocycles. The summed E-state index contributed by atoms with van der Waals surface area (Å²) >= 11 is 0. The summed E-state index contributed by atoms with van der Waals surface area (Å²) < 4.78 is 7.22. The van der Waals surface area contributed by atoms with Crippen LogP contribution in [0.1, 0.15) is 18.4 Å². The molecule has 0 bridgehead atoms. The number of allylic oxidation sites excluding steroid dienone is 3. The highest BCUT2D eigenvalue weighted by atomic mass is 16.6. The second-order valence-corrected chi connectivity index (χ2v) is 6.65. The van der Waals surface area contributed by atoms with Gasteiger partial charge in [0.15, 0.2) is 0 Å². The SMILES string of the molecule is C=C1C=C(C2CCN(C(=O)OCc3ccccc3)CC2)Nc2ccnn21. The van der Waals surface area contributed by atoms with E-state index in [0.29, 0.717) is 25.6 Å². The minimum Gasteiger partial charge on any atom is -0.445 e. The fourth-order valence-corrected chi connectivity index (χ4v) is 3.46. The van der Waals surface area contributed by atoms with Crippen LogP contribution >= 0.6 is 0 Å². The monoisotopic (exact) mass is 350 g/mol. The summed E-state index contributed by atoms with van der Waals surface area (Å²) in [6.07, 6.45) is 5.38. The van der Waals surface area contributed by atoms with Gasteiger partial charge in [-0.1, -0.05) is 36.9 Å². The van der Waals surface area contributed by atoms with E-state index in [2.05, 4.69) is 17.0 Å². The number of fused-ring (bicyclic) bond motifs is 1. The maximum Gasteiger partial charge on any atom is 0.410 e. The molecule has 1 amide bonds. The number of aromatic nitrogens is 2. The van der Waals surface area contributed by atoms with Crippen LogP contribution in [0.15, 0.2) is 60.9 Å². The number of piperidine rings is 1. The largest absolute Gasteiger partial charge is 0.445 e. The highest BCUT2D eigenvalue weighted by Gasteiger charge is 2.28. The quantitative estimate of drug-likeness (QED) is 0.917. The van der Waals surface area contributed by atoms with Crippen LogP contribution < -0.4 is 5.32 Å². The molecule has 6 nitrogen and oxygen atoms in total. The minimum absolute atomic E-state index is 0.236. The lowest BCUT2D eigenvalue weighted by molar-refractivity contribution is 0.0848. The van der Waals surface area contributed by atoms with Crippen LogP contribution in [0.5, 0.6) is 0 Å². The molecular formula is C20H22N4O2. The number of carbonyl (C=O) groups excluding carboxylic acids is 1. The molecule has 0 aliphatic carbocycles. The van der Waals surface area contributed by atoms with E-state index in [4.69, 9.17) is 4.74 Å². The number of ether oxygens (including phenoxy) is 1. The maximum absolute atomic E-state index is 12.3. The van der Waals surface area contributed by atoms with Crippen LogP contribution in [-0.2, 0) is 11.3 Å². The van der Waals surface area contributed by atoms with Gasteiger partial charge in [0.2, 0.25) is 0 Å². The lowest BCUT2D eigenvalue weighted by Crippen LogP contribution is -2.40. The van der Waals surface area contributed by atoms with Crippen molar-refractivity contribution in [1.82, 2.24) is 14.7 Å². The van der Waals surface area contributed by atoms with Crippen LogP contribution in [0.3, 0.4) is 0 Å². The molecule has 4 rings (SSSR count). The van der Waals surface area contributed by atoms with Crippen LogP contribution in [-0.4, -0.2) is 33.9 Å². The highest BCUT2D eigenvalue weighted by molar-refractivity contribution is 5.68. The number of benzene rings is 1. The summed E-state index contributed by atoms with van der Waals surface area (Å²) in [4.78, 5) is 14.1. The Bertz CT molecular complexity index is 833. The molecule has 2 aromatic rings. The first-order valence-electron chi connectivity index (χ1n) is 8.88. The third-order valence-corrected chi connectivity index (χ3v) is 4.91. The van der Waals surface area contributed by atoms with Gasteiger partial charge in [-0.25, -0.2) is 9.48 Å². The number of rotatable bonds is 3. The Morgan fingerprint density at radius 2 is 2.00 bits per heavy atom. The summed E-state index contributed by atoms with van der Waals surface area (Å²) in [5.74, 6) is 1.32. The van der Waals surface area contributed by atoms with Crippen molar-refractivity contribution in [2.45, 2.75) is 19.4 Å². The molecule has 0 spiro atoms. The first-order chi connectivity index (χ1) is 12.7. The van der Waals surface area contributed by atoms with Gasteiger partial charge in [0.25, 0.3) is 0 Å². The first kappa shape index (κ1) is 16.4. The Kier molecular flexibility index (Phi) is 4.48. The number of amides is 1. The van der Waals surface area contributed by atoms with Gasteiger partial charge >= 0.3 is 6.09 Å². The summed E-state index contributed by atoms with van der Waals surface area (Å²) in [6.45, 7) is 5.78. The maximum atomic E-state index is 12.3. The Morgan fingerprint density at radius 1 is 1.23 bits per heavy atom. The summed E-state index contributed by atoms with van der Waals surface area (Å²) in [5.41, 5.74) is 3.02. The van der Waals surface area contributed by atoms with Crippen LogP contribution in [0.25, 0.3) is 5.70 Å². The van der Waals surface area contributed by atoms with E-state index >= 15 is 0 Å². The van der Waals surface area contributed by atoms with Crippen molar-refractivity contribution >= 4 is 17.6 Å². The van der Waals surface area contributed by atoms with Crippen molar-refractivity contribution in [1.29, 1.82) is 0 Å². The molecular weight excluding hydrogens is 328 g/mol. The second-order valence-electron chi connectivity index (χ2n) is 6.65. The molecule has 0 atom stereocenters. The zero-order chi connectivity index (χ0) is 17.9. The Hall–Kier alpha value is -3.02. The average molecular weight is 350 g/mol. The van der Waals surface area contributed by atoms with Gasteiger partial charge in [0.1, 0.15) is 12.4 Å². The van der Waals surface area contributed by atoms with Crippen molar-refractivity contribution in [3.63, 3.8) is 0 Å². The van der Waals surface area contributed by atoms with Crippen molar-refractivity contribution in [2.75, 3.05) is 18.4 Å². The van der Waals surface area contributed by atoms with E-state index in [1.165, 1.54) is 0 Å². The Labute approximate surface area is 152 Å². The van der Waals surface area contributed by atoms with Crippen molar-refractivity contribution in [3.8, 4) is 0 Å². The van der Waals surface area contributed by atoms with E-state index in [-0.39, 0.29) is 6.09 Å². The fraction of sp³-hybridized carbons (Fsp3) is 0.300. The molecule has 1 aromatic heterocycles. The number of hydrogen-bond acceptors (Lipinski definition) is 4. The van der Waals surface area contributed by atoms with Crippen molar-refractivity contribution in [3.05, 3.63) is 66.5 Å². The molecule has 1 saturated heterocycles. The molecule has 0 saturated carbocycles. The molecule has 6 heteroatoms. The average Bonchev–Trinajstić information content (AvgIpc) is 3.16. The number of nitrogens with zero attached hydrogens (tertiary/aromatic N) is 3. The molecule has 0 radical (unpaired) electrons. The lowest BCUT2D eigenvalue weighted by atomic mass is 9.92. The molecule has 2 aliphatic heterocycles. The van der Waals surface area contributed by atoms with Gasteiger partial charge in [-0.15, -0.1) is 0 Å². The van der Waals surface area contributed by atoms with Crippen LogP contribution in [0.4, 0.5) is 10.6 Å². The van der Waals surface area contributed by atoms with E-state index in [0.717, 1.165) is 35.6 Å². The highest BCUT2D eigenvalue weighted by Crippen LogP contribution is 2.31. The fourth-order valence-electron chi connectivity index (χ4n) is 3.46. The second kappa shape index (κ2) is 7.07. The number of likely N-dealkylation sites (tertiary alicyclic amines) is 1. The van der Waals surface area contributed by atoms with E-state index in [1.807, 2.05) is 42.5 Å². The van der Waals surface area contributed by atoms with E-state index in [1.54, 1.807) is 15.8 Å². The minimum atomic E-state index is -0.236. The molecule has 1 aromatic carbocycles. The number of carbonyl (C=O) groups is 1. The smallest absolute Gasteiger partial charge is 0.410 e. The van der Waals surface area contributed by atoms with Crippen molar-refractivity contribution < 1.29 is 9.53 Å². The zero-order valence-electron chi connectivity index (χ0n) is 14.6. The first-order valence-corrected chi connectivity index (χ1v) is 8.88. The van der Waals surface area contributed by atoms with Gasteiger partial charge < -0.3 is 15.0 Å². The van der Waals surface area contributed by atoms with Crippen LogP contribution in [0, 0.1) is 5.92 Å². The topological polar surface area (TPSA) is 59.4 Å². The van der Waals surface area contributed by atoms with Gasteiger partial charge in [0.05, 0.1) is 11.9 Å². The third kappa shape index (κ3) is 3.35. The molecule has 1 N–H and O–H groups in total. The molecule has 2 aliphatic rings. The molecule has 26 heavy (non-hydrogen) atoms. The molecule has 134 valence electrons.